The van der Waals surface area contributed by atoms with Crippen LogP contribution in [0.3, 0.4) is 0 Å². The maximum Gasteiger partial charge on any atom is 0.235 e. The average molecular weight is 324 g/mol. The van der Waals surface area contributed by atoms with Gasteiger partial charge in [0, 0.05) is 18.4 Å². The fourth-order valence-electron chi connectivity index (χ4n) is 2.30. The van der Waals surface area contributed by atoms with Crippen molar-refractivity contribution in [1.82, 2.24) is 0 Å². The van der Waals surface area contributed by atoms with E-state index in [1.54, 1.807) is 11.3 Å². The van der Waals surface area contributed by atoms with Gasteiger partial charge in [-0.3, -0.25) is 0 Å². The van der Waals surface area contributed by atoms with Crippen LogP contribution in [0.1, 0.15) is 5.01 Å². The largest absolute Gasteiger partial charge is 1.00 e. The number of benzene rings is 2. The molecule has 0 aliphatic rings. The third kappa shape index (κ3) is 2.05. The van der Waals surface area contributed by atoms with Crippen molar-refractivity contribution in [2.75, 3.05) is 6.61 Å². The molecule has 4 heteroatoms. The number of fused-ring (bicyclic) bond motifs is 3. The van der Waals surface area contributed by atoms with Gasteiger partial charge in [-0.2, -0.15) is 4.57 Å². The van der Waals surface area contributed by atoms with E-state index in [2.05, 4.69) is 47.9 Å². The van der Waals surface area contributed by atoms with Crippen molar-refractivity contribution >= 4 is 32.3 Å². The van der Waals surface area contributed by atoms with Crippen LogP contribution in [0.5, 0.6) is 0 Å². The molecule has 1 aromatic heterocycles. The lowest BCUT2D eigenvalue weighted by Crippen LogP contribution is -3.00. The lowest BCUT2D eigenvalue weighted by atomic mass is 10.1. The summed E-state index contributed by atoms with van der Waals surface area (Å²) in [6.07, 6.45) is 0. The molecule has 0 bridgehead atoms. The van der Waals surface area contributed by atoms with Crippen LogP contribution in [0.15, 0.2) is 36.4 Å². The number of aliphatic hydroxyl groups excluding tert-OH is 1. The first-order valence-electron chi connectivity index (χ1n) is 5.73. The van der Waals surface area contributed by atoms with Crippen LogP contribution < -0.4 is 21.5 Å². The summed E-state index contributed by atoms with van der Waals surface area (Å²) in [5.74, 6) is 0. The van der Waals surface area contributed by atoms with Crippen molar-refractivity contribution in [2.45, 2.75) is 13.5 Å². The van der Waals surface area contributed by atoms with Gasteiger partial charge in [0.15, 0.2) is 6.54 Å². The number of thiazole rings is 1. The van der Waals surface area contributed by atoms with E-state index in [1.807, 2.05) is 0 Å². The Morgan fingerprint density at radius 3 is 2.72 bits per heavy atom. The van der Waals surface area contributed by atoms with Gasteiger partial charge in [-0.25, -0.2) is 0 Å². The summed E-state index contributed by atoms with van der Waals surface area (Å²) in [6.45, 7) is 2.96. The van der Waals surface area contributed by atoms with E-state index >= 15 is 0 Å². The third-order valence-electron chi connectivity index (χ3n) is 3.10. The fourth-order valence-corrected chi connectivity index (χ4v) is 3.48. The molecular formula is C14H14BrNOS. The van der Waals surface area contributed by atoms with Gasteiger partial charge < -0.3 is 22.1 Å². The van der Waals surface area contributed by atoms with Crippen molar-refractivity contribution in [3.63, 3.8) is 0 Å². The first-order valence-corrected chi connectivity index (χ1v) is 6.54. The second kappa shape index (κ2) is 5.34. The quantitative estimate of drug-likeness (QED) is 0.640. The Labute approximate surface area is 120 Å². The summed E-state index contributed by atoms with van der Waals surface area (Å²) in [7, 11) is 0. The number of aliphatic hydroxyl groups is 1. The van der Waals surface area contributed by atoms with Crippen LogP contribution in [0.2, 0.25) is 0 Å². The highest BCUT2D eigenvalue weighted by atomic mass is 79.9. The number of halogens is 1. The molecule has 0 saturated carbocycles. The molecule has 2 aromatic carbocycles. The maximum atomic E-state index is 9.12. The predicted molar refractivity (Wildman–Crippen MR) is 71.3 cm³/mol. The first kappa shape index (κ1) is 13.5. The van der Waals surface area contributed by atoms with Crippen LogP contribution >= 0.6 is 11.3 Å². The van der Waals surface area contributed by atoms with Crippen LogP contribution in [-0.4, -0.2) is 11.7 Å². The molecule has 94 valence electrons. The van der Waals surface area contributed by atoms with Crippen LogP contribution in [-0.2, 0) is 6.54 Å². The molecule has 0 aliphatic carbocycles. The van der Waals surface area contributed by atoms with E-state index in [0.717, 1.165) is 0 Å². The highest BCUT2D eigenvalue weighted by Crippen LogP contribution is 2.28. The van der Waals surface area contributed by atoms with Gasteiger partial charge in [-0.05, 0) is 11.5 Å². The number of rotatable bonds is 2. The molecule has 0 atom stereocenters. The van der Waals surface area contributed by atoms with E-state index in [1.165, 1.54) is 26.0 Å². The minimum absolute atomic E-state index is 0. The SMILES string of the molecule is Cc1sc2c3ccccc3ccc2[n+]1CCO.[Br-]. The molecule has 0 spiro atoms. The molecule has 0 unspecified atom stereocenters. The maximum absolute atomic E-state index is 9.12. The molecule has 18 heavy (non-hydrogen) atoms. The van der Waals surface area contributed by atoms with Crippen molar-refractivity contribution in [3.8, 4) is 0 Å². The summed E-state index contributed by atoms with van der Waals surface area (Å²) >= 11 is 1.80. The number of hydrogen-bond donors (Lipinski definition) is 1. The smallest absolute Gasteiger partial charge is 0.235 e. The lowest BCUT2D eigenvalue weighted by Gasteiger charge is -1.97. The molecule has 2 nitrogen and oxygen atoms in total. The number of nitrogens with zero attached hydrogens (tertiary/aromatic N) is 1. The Morgan fingerprint density at radius 1 is 1.17 bits per heavy atom. The molecular weight excluding hydrogens is 310 g/mol. The van der Waals surface area contributed by atoms with E-state index < -0.39 is 0 Å². The number of aromatic nitrogens is 1. The van der Waals surface area contributed by atoms with E-state index in [4.69, 9.17) is 5.11 Å². The Hall–Kier alpha value is -0.970. The zero-order chi connectivity index (χ0) is 11.8. The molecule has 3 rings (SSSR count). The molecule has 1 N–H and O–H groups in total. The van der Waals surface area contributed by atoms with Gasteiger partial charge in [-0.1, -0.05) is 35.6 Å². The highest BCUT2D eigenvalue weighted by molar-refractivity contribution is 7.19. The summed E-state index contributed by atoms with van der Waals surface area (Å²) < 4.78 is 3.50. The Bertz CT molecular complexity index is 693. The van der Waals surface area contributed by atoms with Crippen LogP contribution in [0, 0.1) is 6.92 Å². The molecule has 0 aliphatic heterocycles. The zero-order valence-corrected chi connectivity index (χ0v) is 12.5. The van der Waals surface area contributed by atoms with Gasteiger partial charge in [0.05, 0.1) is 0 Å². The summed E-state index contributed by atoms with van der Waals surface area (Å²) in [6, 6.07) is 12.7. The molecule has 0 amide bonds. The minimum atomic E-state index is 0. The second-order valence-corrected chi connectivity index (χ2v) is 5.33. The van der Waals surface area contributed by atoms with E-state index in [9.17, 15) is 0 Å². The summed E-state index contributed by atoms with van der Waals surface area (Å²) in [4.78, 5) is 0. The first-order chi connectivity index (χ1) is 8.31. The van der Waals surface area contributed by atoms with Crippen molar-refractivity contribution in [2.24, 2.45) is 0 Å². The Balaban J connectivity index is 0.00000120. The molecule has 3 aromatic rings. The third-order valence-corrected chi connectivity index (χ3v) is 4.25. The van der Waals surface area contributed by atoms with Crippen LogP contribution in [0.25, 0.3) is 21.0 Å². The molecule has 0 radical (unpaired) electrons. The van der Waals surface area contributed by atoms with E-state index in [0.29, 0.717) is 6.54 Å². The number of aryl methyl sites for hydroxylation is 1. The van der Waals surface area contributed by atoms with Gasteiger partial charge >= 0.3 is 0 Å². The topological polar surface area (TPSA) is 24.1 Å². The molecule has 1 heterocycles. The van der Waals surface area contributed by atoms with Gasteiger partial charge in [0.25, 0.3) is 0 Å². The average Bonchev–Trinajstić information content (AvgIpc) is 2.67. The molecule has 0 fully saturated rings. The summed E-state index contributed by atoms with van der Waals surface area (Å²) in [5, 5.41) is 12.9. The molecule has 0 saturated heterocycles. The Morgan fingerprint density at radius 2 is 1.94 bits per heavy atom. The van der Waals surface area contributed by atoms with E-state index in [-0.39, 0.29) is 23.6 Å². The van der Waals surface area contributed by atoms with Crippen molar-refractivity contribution < 1.29 is 26.7 Å². The number of hydrogen-bond acceptors (Lipinski definition) is 2. The van der Waals surface area contributed by atoms with Gasteiger partial charge in [-0.15, -0.1) is 0 Å². The van der Waals surface area contributed by atoms with Crippen molar-refractivity contribution in [1.29, 1.82) is 0 Å². The normalized spacial score (nSPS) is 10.8. The van der Waals surface area contributed by atoms with Gasteiger partial charge in [0.2, 0.25) is 10.5 Å². The standard InChI is InChI=1S/C14H14NOS.BrH/c1-10-15(8-9-16)13-7-6-11-4-2-3-5-12(11)14(13)17-10;/h2-7,16H,8-9H2,1H3;1H/q+1;/p-1. The summed E-state index contributed by atoms with van der Waals surface area (Å²) in [5.41, 5.74) is 1.22. The highest BCUT2D eigenvalue weighted by Gasteiger charge is 2.17. The lowest BCUT2D eigenvalue weighted by molar-refractivity contribution is -0.674. The van der Waals surface area contributed by atoms with Gasteiger partial charge in [0.1, 0.15) is 11.3 Å². The minimum Gasteiger partial charge on any atom is -1.00 e. The Kier molecular flexibility index (Phi) is 4.00. The fraction of sp³-hybridized carbons (Fsp3) is 0.214. The zero-order valence-electron chi connectivity index (χ0n) is 10.1. The van der Waals surface area contributed by atoms with Crippen LogP contribution in [0.4, 0.5) is 0 Å². The monoisotopic (exact) mass is 323 g/mol. The predicted octanol–water partition coefficient (Wildman–Crippen LogP) is -0.353. The second-order valence-electron chi connectivity index (χ2n) is 4.13. The van der Waals surface area contributed by atoms with Crippen molar-refractivity contribution in [3.05, 3.63) is 41.4 Å².